The van der Waals surface area contributed by atoms with E-state index in [0.717, 1.165) is 44.9 Å². The molecule has 0 aromatic rings. The molecule has 1 N–H and O–H groups in total. The first-order valence-electron chi connectivity index (χ1n) is 7.08. The summed E-state index contributed by atoms with van der Waals surface area (Å²) in [6.07, 6.45) is 8.26. The van der Waals surface area contributed by atoms with Crippen LogP contribution in [0.2, 0.25) is 0 Å². The summed E-state index contributed by atoms with van der Waals surface area (Å²) in [5.74, 6) is 0.234. The summed E-state index contributed by atoms with van der Waals surface area (Å²) >= 11 is 0. The number of nitriles is 1. The van der Waals surface area contributed by atoms with Crippen molar-refractivity contribution in [2.24, 2.45) is 16.7 Å². The maximum absolute atomic E-state index is 10.2. The van der Waals surface area contributed by atoms with E-state index in [4.69, 9.17) is 0 Å². The van der Waals surface area contributed by atoms with E-state index in [1.165, 1.54) is 6.42 Å². The van der Waals surface area contributed by atoms with E-state index in [1.807, 2.05) is 0 Å². The Hall–Kier alpha value is -0.550. The van der Waals surface area contributed by atoms with Crippen LogP contribution >= 0.6 is 0 Å². The fraction of sp³-hybridized carbons (Fsp3) is 0.933. The van der Waals surface area contributed by atoms with Crippen LogP contribution in [0.4, 0.5) is 0 Å². The molecule has 0 radical (unpaired) electrons. The zero-order chi connectivity index (χ0) is 12.5. The lowest BCUT2D eigenvalue weighted by Gasteiger charge is -2.46. The molecule has 2 aliphatic rings. The van der Waals surface area contributed by atoms with E-state index in [9.17, 15) is 10.4 Å². The van der Waals surface area contributed by atoms with Crippen molar-refractivity contribution in [3.8, 4) is 6.07 Å². The Morgan fingerprint density at radius 3 is 2.18 bits per heavy atom. The minimum atomic E-state index is -0.232. The van der Waals surface area contributed by atoms with Crippen LogP contribution in [0.25, 0.3) is 0 Å². The molecule has 0 amide bonds. The van der Waals surface area contributed by atoms with E-state index >= 15 is 0 Å². The lowest BCUT2D eigenvalue weighted by molar-refractivity contribution is -0.0196. The second-order valence-electron chi connectivity index (χ2n) is 6.89. The van der Waals surface area contributed by atoms with Crippen molar-refractivity contribution in [3.63, 3.8) is 0 Å². The van der Waals surface area contributed by atoms with E-state index in [-0.39, 0.29) is 17.4 Å². The van der Waals surface area contributed by atoms with Gasteiger partial charge in [-0.15, -0.1) is 0 Å². The first-order valence-corrected chi connectivity index (χ1v) is 7.08. The minimum absolute atomic E-state index is 0.227. The van der Waals surface area contributed by atoms with Crippen LogP contribution in [0.1, 0.15) is 65.2 Å². The highest BCUT2D eigenvalue weighted by Crippen LogP contribution is 2.52. The van der Waals surface area contributed by atoms with Crippen molar-refractivity contribution in [1.82, 2.24) is 0 Å². The number of aliphatic hydroxyl groups excluding tert-OH is 1. The van der Waals surface area contributed by atoms with Crippen molar-refractivity contribution in [2.45, 2.75) is 71.3 Å². The smallest absolute Gasteiger partial charge is 0.0693 e. The van der Waals surface area contributed by atoms with Crippen LogP contribution in [0.15, 0.2) is 0 Å². The van der Waals surface area contributed by atoms with Gasteiger partial charge in [0.25, 0.3) is 0 Å². The number of aliphatic hydroxyl groups is 1. The maximum Gasteiger partial charge on any atom is 0.0693 e. The Morgan fingerprint density at radius 1 is 1.06 bits per heavy atom. The molecule has 0 aliphatic heterocycles. The van der Waals surface area contributed by atoms with Crippen LogP contribution < -0.4 is 0 Å². The van der Waals surface area contributed by atoms with Crippen LogP contribution in [-0.4, -0.2) is 11.2 Å². The van der Waals surface area contributed by atoms with Gasteiger partial charge in [-0.25, -0.2) is 0 Å². The predicted molar refractivity (Wildman–Crippen MR) is 68.3 cm³/mol. The molecule has 2 heteroatoms. The third kappa shape index (κ3) is 2.50. The molecule has 0 heterocycles. The second-order valence-corrected chi connectivity index (χ2v) is 6.89. The van der Waals surface area contributed by atoms with Crippen molar-refractivity contribution in [1.29, 1.82) is 5.26 Å². The third-order valence-corrected chi connectivity index (χ3v) is 5.16. The third-order valence-electron chi connectivity index (χ3n) is 5.16. The molecule has 2 saturated carbocycles. The standard InChI is InChI=1S/C15H25NO/c1-14(2)7-9-15(11-16,10-8-14)12-5-3-4-6-13(12)17/h12-13,17H,3-10H2,1-2H3. The van der Waals surface area contributed by atoms with E-state index in [0.29, 0.717) is 5.41 Å². The molecular weight excluding hydrogens is 210 g/mol. The molecule has 2 nitrogen and oxygen atoms in total. The predicted octanol–water partition coefficient (Wildman–Crippen LogP) is 3.65. The van der Waals surface area contributed by atoms with Gasteiger partial charge in [0.2, 0.25) is 0 Å². The van der Waals surface area contributed by atoms with Crippen LogP contribution in [0, 0.1) is 28.1 Å². The number of hydrogen-bond acceptors (Lipinski definition) is 2. The first-order chi connectivity index (χ1) is 7.99. The van der Waals surface area contributed by atoms with E-state index in [1.54, 1.807) is 0 Å². The molecule has 0 saturated heterocycles. The Bertz CT molecular complexity index is 305. The van der Waals surface area contributed by atoms with E-state index < -0.39 is 0 Å². The van der Waals surface area contributed by atoms with Crippen molar-refractivity contribution in [2.75, 3.05) is 0 Å². The molecule has 2 rings (SSSR count). The normalized spacial score (nSPS) is 36.1. The summed E-state index contributed by atoms with van der Waals surface area (Å²) < 4.78 is 0. The molecule has 0 aromatic carbocycles. The highest BCUT2D eigenvalue weighted by molar-refractivity contribution is 5.08. The Labute approximate surface area is 105 Å². The largest absolute Gasteiger partial charge is 0.393 e. The summed E-state index contributed by atoms with van der Waals surface area (Å²) in [6, 6.07) is 2.60. The van der Waals surface area contributed by atoms with Gasteiger partial charge in [-0.1, -0.05) is 26.7 Å². The Balaban J connectivity index is 2.13. The van der Waals surface area contributed by atoms with Gasteiger partial charge >= 0.3 is 0 Å². The van der Waals surface area contributed by atoms with Crippen LogP contribution in [-0.2, 0) is 0 Å². The molecule has 2 atom stereocenters. The van der Waals surface area contributed by atoms with Gasteiger partial charge in [-0.3, -0.25) is 0 Å². The molecule has 2 unspecified atom stereocenters. The van der Waals surface area contributed by atoms with Gasteiger partial charge in [0, 0.05) is 5.92 Å². The van der Waals surface area contributed by atoms with Crippen molar-refractivity contribution >= 4 is 0 Å². The number of hydrogen-bond donors (Lipinski definition) is 1. The van der Waals surface area contributed by atoms with Crippen LogP contribution in [0.5, 0.6) is 0 Å². The maximum atomic E-state index is 10.2. The highest BCUT2D eigenvalue weighted by atomic mass is 16.3. The molecule has 0 bridgehead atoms. The Kier molecular flexibility index (Phi) is 3.50. The van der Waals surface area contributed by atoms with Gasteiger partial charge in [-0.05, 0) is 43.9 Å². The minimum Gasteiger partial charge on any atom is -0.393 e. The first kappa shape index (κ1) is 12.9. The highest BCUT2D eigenvalue weighted by Gasteiger charge is 2.47. The van der Waals surface area contributed by atoms with Gasteiger partial charge in [0.05, 0.1) is 17.6 Å². The zero-order valence-corrected chi connectivity index (χ0v) is 11.2. The summed E-state index contributed by atoms with van der Waals surface area (Å²) in [5.41, 5.74) is 0.162. The topological polar surface area (TPSA) is 44.0 Å². The van der Waals surface area contributed by atoms with Gasteiger partial charge in [-0.2, -0.15) is 5.26 Å². The lowest BCUT2D eigenvalue weighted by Crippen LogP contribution is -2.43. The summed E-state index contributed by atoms with van der Waals surface area (Å²) in [7, 11) is 0. The fourth-order valence-electron chi connectivity index (χ4n) is 3.69. The van der Waals surface area contributed by atoms with Gasteiger partial charge in [0.1, 0.15) is 0 Å². The molecule has 0 aromatic heterocycles. The zero-order valence-electron chi connectivity index (χ0n) is 11.2. The molecule has 2 aliphatic carbocycles. The monoisotopic (exact) mass is 235 g/mol. The fourth-order valence-corrected chi connectivity index (χ4v) is 3.69. The van der Waals surface area contributed by atoms with Crippen molar-refractivity contribution in [3.05, 3.63) is 0 Å². The molecular formula is C15H25NO. The molecule has 0 spiro atoms. The lowest BCUT2D eigenvalue weighted by atomic mass is 9.57. The van der Waals surface area contributed by atoms with E-state index in [2.05, 4.69) is 19.9 Å². The number of nitrogens with zero attached hydrogens (tertiary/aromatic N) is 1. The molecule has 96 valence electrons. The average molecular weight is 235 g/mol. The number of rotatable bonds is 1. The van der Waals surface area contributed by atoms with Gasteiger partial charge < -0.3 is 5.11 Å². The second kappa shape index (κ2) is 4.61. The summed E-state index contributed by atoms with van der Waals surface area (Å²) in [5, 5.41) is 19.8. The summed E-state index contributed by atoms with van der Waals surface area (Å²) in [4.78, 5) is 0. The quantitative estimate of drug-likeness (QED) is 0.754. The van der Waals surface area contributed by atoms with Gasteiger partial charge in [0.15, 0.2) is 0 Å². The van der Waals surface area contributed by atoms with Crippen molar-refractivity contribution < 1.29 is 5.11 Å². The van der Waals surface area contributed by atoms with Crippen LogP contribution in [0.3, 0.4) is 0 Å². The summed E-state index contributed by atoms with van der Waals surface area (Å²) in [6.45, 7) is 4.59. The molecule has 2 fully saturated rings. The SMILES string of the molecule is CC1(C)CCC(C#N)(C2CCCCC2O)CC1. The Morgan fingerprint density at radius 2 is 1.65 bits per heavy atom. The molecule has 17 heavy (non-hydrogen) atoms. The average Bonchev–Trinajstić information content (AvgIpc) is 2.31.